The molecule has 2 heterocycles. The average Bonchev–Trinajstić information content (AvgIpc) is 3.09. The van der Waals surface area contributed by atoms with Gasteiger partial charge in [-0.3, -0.25) is 0 Å². The van der Waals surface area contributed by atoms with Crippen LogP contribution >= 0.6 is 11.6 Å². The number of furan rings is 1. The van der Waals surface area contributed by atoms with Crippen LogP contribution in [0.1, 0.15) is 5.76 Å². The summed E-state index contributed by atoms with van der Waals surface area (Å²) >= 11 is 5.81. The van der Waals surface area contributed by atoms with Crippen LogP contribution in [0.2, 0.25) is 5.02 Å². The van der Waals surface area contributed by atoms with Crippen molar-refractivity contribution in [3.05, 3.63) is 53.4 Å². The predicted molar refractivity (Wildman–Crippen MR) is 70.7 cm³/mol. The van der Waals surface area contributed by atoms with E-state index in [0.29, 0.717) is 16.7 Å². The first-order valence-electron chi connectivity index (χ1n) is 5.48. The molecule has 2 aromatic heterocycles. The fraction of sp³-hybridized carbons (Fsp3) is 0. The van der Waals surface area contributed by atoms with E-state index in [1.807, 2.05) is 0 Å². The molecule has 0 spiro atoms. The highest BCUT2D eigenvalue weighted by molar-refractivity contribution is 6.30. The van der Waals surface area contributed by atoms with Gasteiger partial charge in [0.15, 0.2) is 0 Å². The first-order valence-corrected chi connectivity index (χ1v) is 5.86. The van der Waals surface area contributed by atoms with Crippen molar-refractivity contribution < 1.29 is 8.83 Å². The molecular weight excluding hydrogens is 266 g/mol. The summed E-state index contributed by atoms with van der Waals surface area (Å²) in [6.45, 7) is 0. The molecule has 5 nitrogen and oxygen atoms in total. The fourth-order valence-corrected chi connectivity index (χ4v) is 1.59. The van der Waals surface area contributed by atoms with E-state index in [-0.39, 0.29) is 6.01 Å². The van der Waals surface area contributed by atoms with Crippen molar-refractivity contribution in [2.75, 3.05) is 0 Å². The van der Waals surface area contributed by atoms with Crippen molar-refractivity contribution in [1.82, 2.24) is 10.2 Å². The maximum absolute atomic E-state index is 5.81. The Labute approximate surface area is 113 Å². The van der Waals surface area contributed by atoms with Gasteiger partial charge in [0, 0.05) is 10.6 Å². The summed E-state index contributed by atoms with van der Waals surface area (Å²) in [5, 5.41) is 8.39. The van der Waals surface area contributed by atoms with Crippen LogP contribution in [0.4, 0.5) is 6.01 Å². The predicted octanol–water partition coefficient (Wildman–Crippen LogP) is 3.73. The van der Waals surface area contributed by atoms with E-state index in [1.165, 1.54) is 6.21 Å². The largest absolute Gasteiger partial charge is 0.463 e. The summed E-state index contributed by atoms with van der Waals surface area (Å²) < 4.78 is 10.5. The quantitative estimate of drug-likeness (QED) is 0.682. The van der Waals surface area contributed by atoms with Gasteiger partial charge in [-0.2, -0.15) is 4.99 Å². The molecule has 0 bridgehead atoms. The second-order valence-electron chi connectivity index (χ2n) is 3.67. The molecule has 1 aromatic carbocycles. The minimum Gasteiger partial charge on any atom is -0.463 e. The van der Waals surface area contributed by atoms with Crippen LogP contribution in [0.3, 0.4) is 0 Å². The normalized spacial score (nSPS) is 11.2. The third-order valence-electron chi connectivity index (χ3n) is 2.35. The maximum atomic E-state index is 5.81. The molecule has 0 aliphatic rings. The van der Waals surface area contributed by atoms with Crippen molar-refractivity contribution in [2.24, 2.45) is 4.99 Å². The van der Waals surface area contributed by atoms with Crippen molar-refractivity contribution in [3.63, 3.8) is 0 Å². The van der Waals surface area contributed by atoms with Gasteiger partial charge >= 0.3 is 6.01 Å². The van der Waals surface area contributed by atoms with E-state index in [1.54, 1.807) is 42.7 Å². The number of hydrogen-bond acceptors (Lipinski definition) is 5. The van der Waals surface area contributed by atoms with Gasteiger partial charge in [0.1, 0.15) is 5.76 Å². The third kappa shape index (κ3) is 2.71. The summed E-state index contributed by atoms with van der Waals surface area (Å²) in [6.07, 6.45) is 3.08. The van der Waals surface area contributed by atoms with Gasteiger partial charge in [-0.25, -0.2) is 0 Å². The number of aromatic nitrogens is 2. The zero-order valence-corrected chi connectivity index (χ0v) is 10.4. The lowest BCUT2D eigenvalue weighted by Gasteiger charge is -1.93. The minimum atomic E-state index is 0.168. The molecule has 0 amide bonds. The number of aliphatic imine (C=N–C) groups is 1. The molecule has 0 fully saturated rings. The average molecular weight is 274 g/mol. The van der Waals surface area contributed by atoms with Crippen LogP contribution in [0.15, 0.2) is 56.5 Å². The maximum Gasteiger partial charge on any atom is 0.342 e. The van der Waals surface area contributed by atoms with Crippen molar-refractivity contribution >= 4 is 23.8 Å². The van der Waals surface area contributed by atoms with E-state index in [9.17, 15) is 0 Å². The standard InChI is InChI=1S/C13H8ClN3O2/c14-10-5-3-9(4-6-10)12-16-17-13(19-12)15-8-11-2-1-7-18-11/h1-8H. The molecule has 0 atom stereocenters. The fourth-order valence-electron chi connectivity index (χ4n) is 1.46. The molecule has 6 heteroatoms. The molecule has 0 aliphatic carbocycles. The number of hydrogen-bond donors (Lipinski definition) is 0. The summed E-state index contributed by atoms with van der Waals surface area (Å²) in [5.41, 5.74) is 0.788. The van der Waals surface area contributed by atoms with Crippen LogP contribution in [0, 0.1) is 0 Å². The van der Waals surface area contributed by atoms with Gasteiger partial charge < -0.3 is 8.83 Å². The molecule has 0 N–H and O–H groups in total. The Morgan fingerprint density at radius 3 is 2.68 bits per heavy atom. The number of halogens is 1. The molecule has 0 unspecified atom stereocenters. The molecular formula is C13H8ClN3O2. The van der Waals surface area contributed by atoms with E-state index >= 15 is 0 Å². The van der Waals surface area contributed by atoms with Gasteiger partial charge in [-0.05, 0) is 36.4 Å². The Morgan fingerprint density at radius 1 is 1.11 bits per heavy atom. The number of nitrogens with zero attached hydrogens (tertiary/aromatic N) is 3. The van der Waals surface area contributed by atoms with E-state index < -0.39 is 0 Å². The number of benzene rings is 1. The Bertz CT molecular complexity index is 687. The molecule has 0 saturated carbocycles. The van der Waals surface area contributed by atoms with Gasteiger partial charge in [0.25, 0.3) is 0 Å². The van der Waals surface area contributed by atoms with Crippen molar-refractivity contribution in [3.8, 4) is 11.5 Å². The SMILES string of the molecule is Clc1ccc(-c2nnc(N=Cc3ccco3)o2)cc1. The Balaban J connectivity index is 1.81. The zero-order valence-electron chi connectivity index (χ0n) is 9.65. The second kappa shape index (κ2) is 5.07. The highest BCUT2D eigenvalue weighted by Gasteiger charge is 2.07. The second-order valence-corrected chi connectivity index (χ2v) is 4.11. The Kier molecular flexibility index (Phi) is 3.12. The molecule has 94 valence electrons. The molecule has 0 aliphatic heterocycles. The van der Waals surface area contributed by atoms with Crippen molar-refractivity contribution in [2.45, 2.75) is 0 Å². The van der Waals surface area contributed by atoms with Crippen LogP contribution in [-0.4, -0.2) is 16.4 Å². The van der Waals surface area contributed by atoms with Crippen LogP contribution in [0.5, 0.6) is 0 Å². The van der Waals surface area contributed by atoms with Crippen molar-refractivity contribution in [1.29, 1.82) is 0 Å². The molecule has 0 radical (unpaired) electrons. The molecule has 3 aromatic rings. The van der Waals surface area contributed by atoms with E-state index in [4.69, 9.17) is 20.4 Å². The topological polar surface area (TPSA) is 64.4 Å². The Hall–Kier alpha value is -2.40. The van der Waals surface area contributed by atoms with Gasteiger partial charge in [0.2, 0.25) is 5.89 Å². The third-order valence-corrected chi connectivity index (χ3v) is 2.60. The summed E-state index contributed by atoms with van der Waals surface area (Å²) in [5.74, 6) is 1.01. The Morgan fingerprint density at radius 2 is 1.95 bits per heavy atom. The monoisotopic (exact) mass is 273 g/mol. The van der Waals surface area contributed by atoms with Gasteiger partial charge in [-0.15, -0.1) is 5.10 Å². The first kappa shape index (κ1) is 11.7. The zero-order chi connectivity index (χ0) is 13.1. The number of rotatable bonds is 3. The minimum absolute atomic E-state index is 0.168. The van der Waals surface area contributed by atoms with Gasteiger partial charge in [0.05, 0.1) is 12.5 Å². The summed E-state index contributed by atoms with van der Waals surface area (Å²) in [6, 6.07) is 10.8. The summed E-state index contributed by atoms with van der Waals surface area (Å²) in [4.78, 5) is 4.03. The van der Waals surface area contributed by atoms with Crippen LogP contribution in [0.25, 0.3) is 11.5 Å². The lowest BCUT2D eigenvalue weighted by molar-refractivity contribution is 0.558. The highest BCUT2D eigenvalue weighted by atomic mass is 35.5. The van der Waals surface area contributed by atoms with Crippen LogP contribution in [-0.2, 0) is 0 Å². The highest BCUT2D eigenvalue weighted by Crippen LogP contribution is 2.22. The lowest BCUT2D eigenvalue weighted by atomic mass is 10.2. The smallest absolute Gasteiger partial charge is 0.342 e. The molecule has 3 rings (SSSR count). The molecule has 19 heavy (non-hydrogen) atoms. The molecule has 0 saturated heterocycles. The summed E-state index contributed by atoms with van der Waals surface area (Å²) in [7, 11) is 0. The van der Waals surface area contributed by atoms with E-state index in [0.717, 1.165) is 5.56 Å². The first-order chi connectivity index (χ1) is 9.31. The van der Waals surface area contributed by atoms with E-state index in [2.05, 4.69) is 15.2 Å². The van der Waals surface area contributed by atoms with Crippen LogP contribution < -0.4 is 0 Å². The lowest BCUT2D eigenvalue weighted by Crippen LogP contribution is -1.76. The van der Waals surface area contributed by atoms with Gasteiger partial charge in [-0.1, -0.05) is 16.7 Å².